The van der Waals surface area contributed by atoms with E-state index >= 15 is 0 Å². The summed E-state index contributed by atoms with van der Waals surface area (Å²) in [7, 11) is -1.74. The molecule has 1 atom stereocenters. The lowest BCUT2D eigenvalue weighted by Gasteiger charge is -2.32. The second-order valence-corrected chi connectivity index (χ2v) is 5.78. The maximum absolute atomic E-state index is 11.5. The second kappa shape index (κ2) is 5.60. The number of hydrogen-bond donors (Lipinski definition) is 1. The van der Waals surface area contributed by atoms with Gasteiger partial charge in [-0.2, -0.15) is 0 Å². The highest BCUT2D eigenvalue weighted by Gasteiger charge is 2.25. The highest BCUT2D eigenvalue weighted by Crippen LogP contribution is 2.10. The van der Waals surface area contributed by atoms with Crippen LogP contribution >= 0.6 is 0 Å². The normalized spacial score (nSPS) is 22.1. The Kier molecular flexibility index (Phi) is 4.69. The minimum atomic E-state index is -3.20. The van der Waals surface area contributed by atoms with Gasteiger partial charge in [-0.25, -0.2) is 13.1 Å². The predicted molar refractivity (Wildman–Crippen MR) is 59.5 cm³/mol. The molecule has 1 N–H and O–H groups in total. The van der Waals surface area contributed by atoms with Crippen molar-refractivity contribution in [2.24, 2.45) is 0 Å². The Labute approximate surface area is 96.0 Å². The van der Waals surface area contributed by atoms with E-state index in [2.05, 4.69) is 4.72 Å². The van der Waals surface area contributed by atoms with Crippen LogP contribution in [-0.2, 0) is 19.6 Å². The summed E-state index contributed by atoms with van der Waals surface area (Å²) in [4.78, 5) is 13.2. The maximum atomic E-state index is 11.5. The number of carbonyl (C=O) groups is 1. The topological polar surface area (TPSA) is 75.7 Å². The number of nitrogens with zero attached hydrogens (tertiary/aromatic N) is 1. The molecule has 0 aromatic carbocycles. The lowest BCUT2D eigenvalue weighted by atomic mass is 10.1. The molecule has 0 saturated carbocycles. The van der Waals surface area contributed by atoms with Crippen LogP contribution in [0.4, 0.5) is 0 Å². The fourth-order valence-electron chi connectivity index (χ4n) is 1.82. The Morgan fingerprint density at radius 1 is 1.56 bits per heavy atom. The molecule has 0 aromatic rings. The zero-order chi connectivity index (χ0) is 12.2. The SMILES string of the molecule is COCC(=O)N1CCC[C@H](NS(C)(=O)=O)C1. The standard InChI is InChI=1S/C9H18N2O4S/c1-15-7-9(12)11-5-3-4-8(6-11)10-16(2,13)14/h8,10H,3-7H2,1-2H3/t8-/m0/s1. The third kappa shape index (κ3) is 4.46. The molecule has 1 heterocycles. The molecule has 1 aliphatic rings. The molecule has 7 heteroatoms. The molecule has 94 valence electrons. The number of piperidine rings is 1. The quantitative estimate of drug-likeness (QED) is 0.707. The Morgan fingerprint density at radius 3 is 2.81 bits per heavy atom. The van der Waals surface area contributed by atoms with Gasteiger partial charge in [0.15, 0.2) is 0 Å². The lowest BCUT2D eigenvalue weighted by Crippen LogP contribution is -2.50. The van der Waals surface area contributed by atoms with Crippen LogP contribution in [0.2, 0.25) is 0 Å². The number of nitrogens with one attached hydrogen (secondary N) is 1. The first-order valence-electron chi connectivity index (χ1n) is 5.16. The molecule has 1 saturated heterocycles. The van der Waals surface area contributed by atoms with Gasteiger partial charge in [-0.05, 0) is 12.8 Å². The van der Waals surface area contributed by atoms with Crippen LogP contribution in [-0.4, -0.2) is 58.3 Å². The lowest BCUT2D eigenvalue weighted by molar-refractivity contribution is -0.136. The number of methoxy groups -OCH3 is 1. The fraction of sp³-hybridized carbons (Fsp3) is 0.889. The molecule has 1 fully saturated rings. The van der Waals surface area contributed by atoms with E-state index in [0.717, 1.165) is 19.1 Å². The summed E-state index contributed by atoms with van der Waals surface area (Å²) in [6.07, 6.45) is 2.70. The summed E-state index contributed by atoms with van der Waals surface area (Å²) in [6.45, 7) is 1.14. The van der Waals surface area contributed by atoms with Crippen molar-refractivity contribution >= 4 is 15.9 Å². The average Bonchev–Trinajstić information content (AvgIpc) is 2.16. The second-order valence-electron chi connectivity index (χ2n) is 4.00. The van der Waals surface area contributed by atoms with Crippen molar-refractivity contribution in [1.82, 2.24) is 9.62 Å². The van der Waals surface area contributed by atoms with Crippen LogP contribution in [0.25, 0.3) is 0 Å². The molecule has 0 bridgehead atoms. The first kappa shape index (κ1) is 13.4. The van der Waals surface area contributed by atoms with Crippen LogP contribution in [0.3, 0.4) is 0 Å². The zero-order valence-corrected chi connectivity index (χ0v) is 10.4. The zero-order valence-electron chi connectivity index (χ0n) is 9.60. The average molecular weight is 250 g/mol. The van der Waals surface area contributed by atoms with Gasteiger partial charge < -0.3 is 9.64 Å². The Morgan fingerprint density at radius 2 is 2.25 bits per heavy atom. The van der Waals surface area contributed by atoms with Gasteiger partial charge in [-0.15, -0.1) is 0 Å². The molecule has 0 spiro atoms. The van der Waals surface area contributed by atoms with Crippen LogP contribution in [0.5, 0.6) is 0 Å². The molecule has 0 unspecified atom stereocenters. The predicted octanol–water partition coefficient (Wildman–Crippen LogP) is -0.827. The molecular weight excluding hydrogens is 232 g/mol. The van der Waals surface area contributed by atoms with E-state index in [4.69, 9.17) is 4.74 Å². The van der Waals surface area contributed by atoms with Gasteiger partial charge in [0, 0.05) is 26.2 Å². The maximum Gasteiger partial charge on any atom is 0.248 e. The van der Waals surface area contributed by atoms with Crippen molar-refractivity contribution in [3.05, 3.63) is 0 Å². The molecular formula is C9H18N2O4S. The monoisotopic (exact) mass is 250 g/mol. The number of amides is 1. The van der Waals surface area contributed by atoms with E-state index in [1.807, 2.05) is 0 Å². The highest BCUT2D eigenvalue weighted by molar-refractivity contribution is 7.88. The van der Waals surface area contributed by atoms with Crippen molar-refractivity contribution in [2.45, 2.75) is 18.9 Å². The van der Waals surface area contributed by atoms with Crippen molar-refractivity contribution < 1.29 is 17.9 Å². The van der Waals surface area contributed by atoms with Crippen LogP contribution < -0.4 is 4.72 Å². The van der Waals surface area contributed by atoms with E-state index < -0.39 is 10.0 Å². The number of carbonyl (C=O) groups excluding carboxylic acids is 1. The summed E-state index contributed by atoms with van der Waals surface area (Å²) >= 11 is 0. The van der Waals surface area contributed by atoms with Gasteiger partial charge in [0.1, 0.15) is 6.61 Å². The van der Waals surface area contributed by atoms with Gasteiger partial charge >= 0.3 is 0 Å². The fourth-order valence-corrected chi connectivity index (χ4v) is 2.62. The molecule has 1 rings (SSSR count). The van der Waals surface area contributed by atoms with Gasteiger partial charge in [0.2, 0.25) is 15.9 Å². The van der Waals surface area contributed by atoms with E-state index in [1.54, 1.807) is 4.90 Å². The van der Waals surface area contributed by atoms with E-state index in [1.165, 1.54) is 7.11 Å². The summed E-state index contributed by atoms with van der Waals surface area (Å²) in [5, 5.41) is 0. The summed E-state index contributed by atoms with van der Waals surface area (Å²) in [5.41, 5.74) is 0. The minimum Gasteiger partial charge on any atom is -0.375 e. The molecule has 1 aliphatic heterocycles. The van der Waals surface area contributed by atoms with E-state index in [0.29, 0.717) is 13.1 Å². The van der Waals surface area contributed by atoms with Crippen molar-refractivity contribution in [2.75, 3.05) is 33.1 Å². The van der Waals surface area contributed by atoms with E-state index in [9.17, 15) is 13.2 Å². The Hall–Kier alpha value is -0.660. The van der Waals surface area contributed by atoms with Gasteiger partial charge in [-0.1, -0.05) is 0 Å². The first-order valence-corrected chi connectivity index (χ1v) is 7.05. The largest absolute Gasteiger partial charge is 0.375 e. The minimum absolute atomic E-state index is 0.0472. The third-order valence-electron chi connectivity index (χ3n) is 2.42. The summed E-state index contributed by atoms with van der Waals surface area (Å²) in [6, 6.07) is -0.176. The van der Waals surface area contributed by atoms with Crippen molar-refractivity contribution in [1.29, 1.82) is 0 Å². The summed E-state index contributed by atoms with van der Waals surface area (Å²) in [5.74, 6) is -0.0949. The Balaban J connectivity index is 2.50. The molecule has 0 radical (unpaired) electrons. The number of ether oxygens (including phenoxy) is 1. The van der Waals surface area contributed by atoms with Crippen molar-refractivity contribution in [3.8, 4) is 0 Å². The number of likely N-dealkylation sites (tertiary alicyclic amines) is 1. The molecule has 16 heavy (non-hydrogen) atoms. The van der Waals surface area contributed by atoms with E-state index in [-0.39, 0.29) is 18.6 Å². The molecule has 0 aromatic heterocycles. The van der Waals surface area contributed by atoms with Crippen LogP contribution in [0.15, 0.2) is 0 Å². The highest BCUT2D eigenvalue weighted by atomic mass is 32.2. The van der Waals surface area contributed by atoms with Gasteiger partial charge in [0.25, 0.3) is 0 Å². The summed E-state index contributed by atoms with van der Waals surface area (Å²) < 4.78 is 29.4. The van der Waals surface area contributed by atoms with Crippen LogP contribution in [0.1, 0.15) is 12.8 Å². The number of hydrogen-bond acceptors (Lipinski definition) is 4. The molecule has 6 nitrogen and oxygen atoms in total. The first-order chi connectivity index (χ1) is 7.42. The number of rotatable bonds is 4. The number of sulfonamides is 1. The third-order valence-corrected chi connectivity index (χ3v) is 3.18. The Bertz CT molecular complexity index is 341. The molecule has 0 aliphatic carbocycles. The molecule has 1 amide bonds. The van der Waals surface area contributed by atoms with Crippen molar-refractivity contribution in [3.63, 3.8) is 0 Å². The van der Waals surface area contributed by atoms with Gasteiger partial charge in [-0.3, -0.25) is 4.79 Å². The van der Waals surface area contributed by atoms with Gasteiger partial charge in [0.05, 0.1) is 6.26 Å². The smallest absolute Gasteiger partial charge is 0.248 e. The van der Waals surface area contributed by atoms with Crippen LogP contribution in [0, 0.1) is 0 Å².